The van der Waals surface area contributed by atoms with Gasteiger partial charge in [-0.05, 0) is 72.9 Å². The fourth-order valence-electron chi connectivity index (χ4n) is 4.24. The lowest BCUT2D eigenvalue weighted by atomic mass is 9.82. The predicted molar refractivity (Wildman–Crippen MR) is 126 cm³/mol. The Morgan fingerprint density at radius 3 is 2.19 bits per heavy atom. The number of hydrogen-bond donors (Lipinski definition) is 0. The van der Waals surface area contributed by atoms with E-state index in [-0.39, 0.29) is 24.3 Å². The second-order valence-corrected chi connectivity index (χ2v) is 11.3. The summed E-state index contributed by atoms with van der Waals surface area (Å²) in [6, 6.07) is 7.09. The van der Waals surface area contributed by atoms with E-state index in [1.54, 1.807) is 52.3 Å². The molecule has 1 atom stereocenters. The van der Waals surface area contributed by atoms with Gasteiger partial charge in [-0.25, -0.2) is 0 Å². The molecule has 1 saturated heterocycles. The molecule has 0 spiro atoms. The van der Waals surface area contributed by atoms with E-state index in [1.807, 2.05) is 5.06 Å². The molecule has 1 aromatic carbocycles. The van der Waals surface area contributed by atoms with Crippen LogP contribution in [0.3, 0.4) is 0 Å². The number of rotatable bonds is 10. The average molecular weight is 471 g/mol. The number of anilines is 1. The Labute approximate surface area is 192 Å². The van der Waals surface area contributed by atoms with Crippen molar-refractivity contribution in [1.82, 2.24) is 5.06 Å². The van der Waals surface area contributed by atoms with Crippen molar-refractivity contribution in [3.63, 3.8) is 0 Å². The first-order valence-electron chi connectivity index (χ1n) is 11.2. The van der Waals surface area contributed by atoms with Crippen LogP contribution in [0.5, 0.6) is 5.75 Å². The number of nitrogens with zero attached hydrogens (tertiary/aromatic N) is 2. The van der Waals surface area contributed by atoms with Gasteiger partial charge in [-0.2, -0.15) is 5.06 Å². The zero-order valence-electron chi connectivity index (χ0n) is 20.7. The lowest BCUT2D eigenvalue weighted by Crippen LogP contribution is -2.60. The van der Waals surface area contributed by atoms with Gasteiger partial charge in [0.15, 0.2) is 0 Å². The number of carbonyl (C=O) groups excluding carboxylic acids is 1. The number of piperidine rings is 1. The summed E-state index contributed by atoms with van der Waals surface area (Å²) in [4.78, 5) is 21.5. The molecule has 0 bridgehead atoms. The van der Waals surface area contributed by atoms with Crippen LogP contribution < -0.4 is 9.64 Å². The van der Waals surface area contributed by atoms with Crippen molar-refractivity contribution < 1.29 is 28.0 Å². The van der Waals surface area contributed by atoms with E-state index < -0.39 is 19.3 Å². The third kappa shape index (κ3) is 5.91. The van der Waals surface area contributed by atoms with Crippen LogP contribution in [0, 0.1) is 0 Å². The fourth-order valence-corrected chi connectivity index (χ4v) is 5.96. The second kappa shape index (κ2) is 10.7. The molecule has 0 saturated carbocycles. The van der Waals surface area contributed by atoms with E-state index in [9.17, 15) is 9.36 Å². The average Bonchev–Trinajstić information content (AvgIpc) is 2.72. The number of hydrogen-bond acceptors (Lipinski definition) is 7. The monoisotopic (exact) mass is 470 g/mol. The molecular weight excluding hydrogens is 431 g/mol. The molecule has 1 aromatic rings. The maximum Gasteiger partial charge on any atom is 0.371 e. The van der Waals surface area contributed by atoms with E-state index in [2.05, 4.69) is 27.7 Å². The Hall–Kier alpha value is -1.44. The van der Waals surface area contributed by atoms with E-state index in [4.69, 9.17) is 18.6 Å². The number of ether oxygens (including phenoxy) is 1. The van der Waals surface area contributed by atoms with Gasteiger partial charge in [0, 0.05) is 29.9 Å². The Bertz CT molecular complexity index is 802. The van der Waals surface area contributed by atoms with Crippen molar-refractivity contribution in [2.45, 2.75) is 77.7 Å². The molecule has 1 fully saturated rings. The molecule has 1 unspecified atom stereocenters. The van der Waals surface area contributed by atoms with Gasteiger partial charge >= 0.3 is 7.60 Å². The maximum atomic E-state index is 13.8. The fraction of sp³-hybridized carbons (Fsp3) is 0.696. The van der Waals surface area contributed by atoms with Gasteiger partial charge in [0.05, 0.1) is 20.3 Å². The van der Waals surface area contributed by atoms with Crippen molar-refractivity contribution in [3.05, 3.63) is 24.3 Å². The highest BCUT2D eigenvalue weighted by Gasteiger charge is 2.51. The molecule has 0 aliphatic carbocycles. The molecule has 2 rings (SSSR count). The van der Waals surface area contributed by atoms with Crippen LogP contribution in [0.25, 0.3) is 0 Å². The standard InChI is InChI=1S/C23H39N2O6P/c1-9-29-32(27,30-10-2)21(31-25-22(3,4)15-12-16-23(25,5)6)20(26)24(7)18-13-11-14-19(17-18)28-8/h11,13-14,17,21H,9-10,12,15-16H2,1-8H3. The van der Waals surface area contributed by atoms with Gasteiger partial charge in [-0.1, -0.05) is 6.07 Å². The highest BCUT2D eigenvalue weighted by molar-refractivity contribution is 7.55. The van der Waals surface area contributed by atoms with Gasteiger partial charge < -0.3 is 18.7 Å². The Balaban J connectivity index is 2.50. The number of likely N-dealkylation sites (N-methyl/N-ethyl adjacent to an activating group) is 1. The van der Waals surface area contributed by atoms with E-state index in [1.165, 1.54) is 4.90 Å². The molecule has 0 aromatic heterocycles. The van der Waals surface area contributed by atoms with Gasteiger partial charge in [0.2, 0.25) is 0 Å². The van der Waals surface area contributed by atoms with Crippen molar-refractivity contribution in [3.8, 4) is 5.75 Å². The Kier molecular flexibility index (Phi) is 8.93. The Morgan fingerprint density at radius 1 is 1.12 bits per heavy atom. The van der Waals surface area contributed by atoms with Crippen molar-refractivity contribution >= 4 is 19.2 Å². The van der Waals surface area contributed by atoms with Crippen LogP contribution in [0.2, 0.25) is 0 Å². The summed E-state index contributed by atoms with van der Waals surface area (Å²) in [7, 11) is -0.770. The number of benzene rings is 1. The quantitative estimate of drug-likeness (QED) is 0.434. The summed E-state index contributed by atoms with van der Waals surface area (Å²) in [5.74, 6) is -1.35. The zero-order valence-corrected chi connectivity index (χ0v) is 21.6. The normalized spacial score (nSPS) is 19.4. The molecule has 0 N–H and O–H groups in total. The summed E-state index contributed by atoms with van der Waals surface area (Å²) < 4.78 is 30.3. The molecule has 8 nitrogen and oxygen atoms in total. The summed E-state index contributed by atoms with van der Waals surface area (Å²) in [5, 5.41) is 1.82. The smallest absolute Gasteiger partial charge is 0.371 e. The number of hydroxylamine groups is 2. The minimum Gasteiger partial charge on any atom is -0.497 e. The first kappa shape index (κ1) is 26.8. The van der Waals surface area contributed by atoms with Crippen molar-refractivity contribution in [1.29, 1.82) is 0 Å². The van der Waals surface area contributed by atoms with Gasteiger partial charge in [0.25, 0.3) is 11.8 Å². The largest absolute Gasteiger partial charge is 0.497 e. The molecule has 9 heteroatoms. The second-order valence-electron chi connectivity index (χ2n) is 9.20. The summed E-state index contributed by atoms with van der Waals surface area (Å²) >= 11 is 0. The summed E-state index contributed by atoms with van der Waals surface area (Å²) in [6.07, 6.45) is 2.81. The summed E-state index contributed by atoms with van der Waals surface area (Å²) in [5.41, 5.74) is -0.143. The van der Waals surface area contributed by atoms with Gasteiger partial charge in [-0.15, -0.1) is 0 Å². The minimum absolute atomic E-state index is 0.125. The first-order valence-corrected chi connectivity index (χ1v) is 12.8. The molecule has 182 valence electrons. The van der Waals surface area contributed by atoms with Crippen LogP contribution in [0.4, 0.5) is 5.69 Å². The van der Waals surface area contributed by atoms with Crippen LogP contribution in [-0.4, -0.2) is 55.3 Å². The lowest BCUT2D eigenvalue weighted by molar-refractivity contribution is -0.287. The van der Waals surface area contributed by atoms with Crippen molar-refractivity contribution in [2.24, 2.45) is 0 Å². The number of amides is 1. The molecule has 1 amide bonds. The zero-order chi connectivity index (χ0) is 24.2. The number of carbonyl (C=O) groups is 1. The SMILES string of the molecule is CCOP(=O)(OCC)C(ON1C(C)(C)CCCC1(C)C)C(=O)N(C)c1cccc(OC)c1. The molecular formula is C23H39N2O6P. The molecule has 1 heterocycles. The number of methoxy groups -OCH3 is 1. The highest BCUT2D eigenvalue weighted by atomic mass is 31.2. The van der Waals surface area contributed by atoms with Gasteiger partial charge in [0.1, 0.15) is 5.75 Å². The Morgan fingerprint density at radius 2 is 1.69 bits per heavy atom. The summed E-state index contributed by atoms with van der Waals surface area (Å²) in [6.45, 7) is 11.9. The first-order chi connectivity index (χ1) is 14.9. The molecule has 1 aliphatic heterocycles. The molecule has 0 radical (unpaired) electrons. The van der Waals surface area contributed by atoms with Crippen LogP contribution in [0.1, 0.15) is 60.8 Å². The predicted octanol–water partition coefficient (Wildman–Crippen LogP) is 5.22. The third-order valence-corrected chi connectivity index (χ3v) is 7.90. The third-order valence-electron chi connectivity index (χ3n) is 5.77. The maximum absolute atomic E-state index is 13.8. The van der Waals surface area contributed by atoms with E-state index in [0.717, 1.165) is 19.3 Å². The topological polar surface area (TPSA) is 77.5 Å². The van der Waals surface area contributed by atoms with Gasteiger partial charge in [-0.3, -0.25) is 14.2 Å². The van der Waals surface area contributed by atoms with E-state index >= 15 is 0 Å². The van der Waals surface area contributed by atoms with Crippen LogP contribution >= 0.6 is 7.60 Å². The lowest BCUT2D eigenvalue weighted by Gasteiger charge is -2.52. The minimum atomic E-state index is -3.94. The molecule has 1 aliphatic rings. The van der Waals surface area contributed by atoms with Crippen molar-refractivity contribution in [2.75, 3.05) is 32.3 Å². The highest BCUT2D eigenvalue weighted by Crippen LogP contribution is 2.55. The van der Waals surface area contributed by atoms with Crippen LogP contribution in [0.15, 0.2) is 24.3 Å². The van der Waals surface area contributed by atoms with E-state index in [0.29, 0.717) is 11.4 Å². The van der Waals surface area contributed by atoms with Crippen LogP contribution in [-0.2, 0) is 23.2 Å². The molecule has 32 heavy (non-hydrogen) atoms.